The summed E-state index contributed by atoms with van der Waals surface area (Å²) in [6, 6.07) is 15.5. The van der Waals surface area contributed by atoms with Gasteiger partial charge in [0, 0.05) is 22.5 Å². The molecular weight excluding hydrogens is 314 g/mol. The zero-order valence-corrected chi connectivity index (χ0v) is 13.5. The van der Waals surface area contributed by atoms with Crippen molar-refractivity contribution in [1.82, 2.24) is 19.8 Å². The van der Waals surface area contributed by atoms with Crippen LogP contribution in [0.3, 0.4) is 0 Å². The highest BCUT2D eigenvalue weighted by atomic mass is 16.1. The molecule has 1 N–H and O–H groups in total. The van der Waals surface area contributed by atoms with Crippen molar-refractivity contribution in [3.8, 4) is 0 Å². The van der Waals surface area contributed by atoms with Crippen molar-refractivity contribution in [3.63, 3.8) is 0 Å². The minimum absolute atomic E-state index is 0.233. The molecule has 6 heteroatoms. The van der Waals surface area contributed by atoms with E-state index in [2.05, 4.69) is 20.6 Å². The number of hydrogen-bond acceptors (Lipinski definition) is 4. The molecule has 6 nitrogen and oxygen atoms in total. The van der Waals surface area contributed by atoms with Crippen LogP contribution in [0.2, 0.25) is 0 Å². The minimum Gasteiger partial charge on any atom is -0.323 e. The van der Waals surface area contributed by atoms with Crippen molar-refractivity contribution in [2.75, 3.05) is 5.32 Å². The first-order valence-electron chi connectivity index (χ1n) is 7.85. The van der Waals surface area contributed by atoms with Gasteiger partial charge in [0.1, 0.15) is 0 Å². The van der Waals surface area contributed by atoms with Gasteiger partial charge < -0.3 is 5.32 Å². The van der Waals surface area contributed by atoms with Gasteiger partial charge in [0.25, 0.3) is 0 Å². The van der Waals surface area contributed by atoms with Crippen molar-refractivity contribution in [1.29, 1.82) is 0 Å². The molecule has 4 aromatic rings. The molecule has 0 spiro atoms. The molecule has 2 heterocycles. The first-order chi connectivity index (χ1) is 12.2. The lowest BCUT2D eigenvalue weighted by molar-refractivity contribution is -0.111. The maximum Gasteiger partial charge on any atom is 0.248 e. The van der Waals surface area contributed by atoms with E-state index in [1.54, 1.807) is 16.8 Å². The Labute approximate surface area is 143 Å². The Morgan fingerprint density at radius 2 is 2.00 bits per heavy atom. The van der Waals surface area contributed by atoms with Gasteiger partial charge in [-0.25, -0.2) is 0 Å². The lowest BCUT2D eigenvalue weighted by Gasteiger charge is -2.02. The minimum atomic E-state index is -0.233. The first kappa shape index (κ1) is 15.0. The number of aryl methyl sites for hydroxylation is 1. The maximum atomic E-state index is 12.1. The zero-order valence-electron chi connectivity index (χ0n) is 13.5. The lowest BCUT2D eigenvalue weighted by Crippen LogP contribution is -2.08. The van der Waals surface area contributed by atoms with Gasteiger partial charge >= 0.3 is 0 Å². The van der Waals surface area contributed by atoms with Gasteiger partial charge in [-0.1, -0.05) is 36.4 Å². The molecule has 122 valence electrons. The van der Waals surface area contributed by atoms with E-state index in [9.17, 15) is 4.79 Å². The third-order valence-corrected chi connectivity index (χ3v) is 3.85. The summed E-state index contributed by atoms with van der Waals surface area (Å²) < 4.78 is 1.62. The second-order valence-corrected chi connectivity index (χ2v) is 5.72. The summed E-state index contributed by atoms with van der Waals surface area (Å²) in [6.07, 6.45) is 4.79. The fourth-order valence-corrected chi connectivity index (χ4v) is 2.67. The lowest BCUT2D eigenvalue weighted by atomic mass is 10.2. The molecule has 2 aromatic carbocycles. The third-order valence-electron chi connectivity index (χ3n) is 3.85. The Balaban J connectivity index is 1.61. The van der Waals surface area contributed by atoms with E-state index in [1.807, 2.05) is 55.5 Å². The summed E-state index contributed by atoms with van der Waals surface area (Å²) >= 11 is 0. The number of carbonyl (C=O) groups is 1. The quantitative estimate of drug-likeness (QED) is 0.586. The van der Waals surface area contributed by atoms with Gasteiger partial charge in [-0.05, 0) is 30.7 Å². The van der Waals surface area contributed by atoms with Gasteiger partial charge in [0.2, 0.25) is 5.91 Å². The molecule has 1 amide bonds. The molecule has 0 unspecified atom stereocenters. The Hall–Kier alpha value is -3.54. The van der Waals surface area contributed by atoms with E-state index in [1.165, 1.54) is 6.08 Å². The molecule has 0 aliphatic rings. The van der Waals surface area contributed by atoms with E-state index < -0.39 is 0 Å². The molecule has 2 aromatic heterocycles. The standard InChI is InChI=1S/C19H15N5O/c1-13-5-4-7-15(11-13)21-18(25)10-9-17-22-23-19-16-8-3-2-6-14(16)12-20-24(17)19/h2-12H,1H3,(H,21,25). The predicted molar refractivity (Wildman–Crippen MR) is 97.1 cm³/mol. The van der Waals surface area contributed by atoms with E-state index in [0.29, 0.717) is 11.5 Å². The van der Waals surface area contributed by atoms with Crippen LogP contribution >= 0.6 is 0 Å². The van der Waals surface area contributed by atoms with E-state index >= 15 is 0 Å². The van der Waals surface area contributed by atoms with Gasteiger partial charge in [-0.3, -0.25) is 4.79 Å². The Kier molecular flexibility index (Phi) is 3.70. The van der Waals surface area contributed by atoms with Crippen molar-refractivity contribution >= 4 is 34.1 Å². The number of nitrogens with one attached hydrogen (secondary N) is 1. The van der Waals surface area contributed by atoms with Crippen molar-refractivity contribution in [3.05, 3.63) is 72.2 Å². The highest BCUT2D eigenvalue weighted by molar-refractivity contribution is 6.02. The fourth-order valence-electron chi connectivity index (χ4n) is 2.67. The topological polar surface area (TPSA) is 72.2 Å². The van der Waals surface area contributed by atoms with Crippen LogP contribution in [0.4, 0.5) is 5.69 Å². The molecule has 25 heavy (non-hydrogen) atoms. The summed E-state index contributed by atoms with van der Waals surface area (Å²) in [5.74, 6) is 0.267. The summed E-state index contributed by atoms with van der Waals surface area (Å²) in [7, 11) is 0. The number of nitrogens with zero attached hydrogens (tertiary/aromatic N) is 4. The SMILES string of the molecule is Cc1cccc(NC(=O)C=Cc2nnc3c4ccccc4cnn23)c1. The zero-order chi connectivity index (χ0) is 17.2. The molecule has 0 radical (unpaired) electrons. The molecule has 0 aliphatic carbocycles. The van der Waals surface area contributed by atoms with Gasteiger partial charge in [0.05, 0.1) is 6.20 Å². The van der Waals surface area contributed by atoms with Crippen LogP contribution < -0.4 is 5.32 Å². The number of amides is 1. The number of fused-ring (bicyclic) bond motifs is 3. The Morgan fingerprint density at radius 3 is 2.88 bits per heavy atom. The number of rotatable bonds is 3. The van der Waals surface area contributed by atoms with Gasteiger partial charge in [-0.2, -0.15) is 9.61 Å². The summed E-state index contributed by atoms with van der Waals surface area (Å²) in [4.78, 5) is 12.1. The van der Waals surface area contributed by atoms with E-state index in [0.717, 1.165) is 22.0 Å². The monoisotopic (exact) mass is 329 g/mol. The van der Waals surface area contributed by atoms with Gasteiger partial charge in [-0.15, -0.1) is 10.2 Å². The Bertz CT molecular complexity index is 1110. The average molecular weight is 329 g/mol. The molecule has 0 saturated carbocycles. The van der Waals surface area contributed by atoms with Crippen LogP contribution in [0.15, 0.2) is 60.8 Å². The van der Waals surface area contributed by atoms with Crippen molar-refractivity contribution in [2.24, 2.45) is 0 Å². The number of aromatic nitrogens is 4. The van der Waals surface area contributed by atoms with E-state index in [4.69, 9.17) is 0 Å². The summed E-state index contributed by atoms with van der Waals surface area (Å²) in [6.45, 7) is 1.98. The molecule has 0 saturated heterocycles. The van der Waals surface area contributed by atoms with E-state index in [-0.39, 0.29) is 5.91 Å². The molecule has 4 rings (SSSR count). The highest BCUT2D eigenvalue weighted by Crippen LogP contribution is 2.17. The van der Waals surface area contributed by atoms with Crippen LogP contribution in [-0.2, 0) is 4.79 Å². The number of benzene rings is 2. The smallest absolute Gasteiger partial charge is 0.248 e. The first-order valence-corrected chi connectivity index (χ1v) is 7.85. The largest absolute Gasteiger partial charge is 0.323 e. The second kappa shape index (κ2) is 6.16. The van der Waals surface area contributed by atoms with Crippen LogP contribution in [0.25, 0.3) is 22.5 Å². The van der Waals surface area contributed by atoms with Gasteiger partial charge in [0.15, 0.2) is 11.5 Å². The van der Waals surface area contributed by atoms with Crippen LogP contribution in [0.1, 0.15) is 11.4 Å². The van der Waals surface area contributed by atoms with Crippen LogP contribution in [0.5, 0.6) is 0 Å². The average Bonchev–Trinajstić information content (AvgIpc) is 3.03. The van der Waals surface area contributed by atoms with Crippen LogP contribution in [-0.4, -0.2) is 25.7 Å². The third kappa shape index (κ3) is 2.97. The predicted octanol–water partition coefficient (Wildman–Crippen LogP) is 3.24. The normalized spacial score (nSPS) is 11.4. The number of carbonyl (C=O) groups excluding carboxylic acids is 1. The highest BCUT2D eigenvalue weighted by Gasteiger charge is 2.08. The maximum absolute atomic E-state index is 12.1. The van der Waals surface area contributed by atoms with Crippen molar-refractivity contribution in [2.45, 2.75) is 6.92 Å². The molecular formula is C19H15N5O. The summed E-state index contributed by atoms with van der Waals surface area (Å²) in [5.41, 5.74) is 2.50. The van der Waals surface area contributed by atoms with Crippen LogP contribution in [0, 0.1) is 6.92 Å². The number of hydrogen-bond donors (Lipinski definition) is 1. The second-order valence-electron chi connectivity index (χ2n) is 5.72. The number of anilines is 1. The molecule has 0 bridgehead atoms. The molecule has 0 fully saturated rings. The summed E-state index contributed by atoms with van der Waals surface area (Å²) in [5, 5.41) is 17.4. The Morgan fingerprint density at radius 1 is 1.12 bits per heavy atom. The fraction of sp³-hybridized carbons (Fsp3) is 0.0526. The molecule has 0 aliphatic heterocycles. The van der Waals surface area contributed by atoms with Crippen molar-refractivity contribution < 1.29 is 4.79 Å². The molecule has 0 atom stereocenters.